The molecule has 0 atom stereocenters. The number of hydrogen-bond donors (Lipinski definition) is 0. The van der Waals surface area contributed by atoms with E-state index in [0.29, 0.717) is 19.0 Å². The summed E-state index contributed by atoms with van der Waals surface area (Å²) in [4.78, 5) is 21.3. The van der Waals surface area contributed by atoms with E-state index in [4.69, 9.17) is 9.26 Å². The molecule has 7 nitrogen and oxygen atoms in total. The van der Waals surface area contributed by atoms with Crippen LogP contribution in [0.3, 0.4) is 0 Å². The van der Waals surface area contributed by atoms with Gasteiger partial charge in [-0.15, -0.1) is 0 Å². The minimum atomic E-state index is -0.194. The molecular formula is C25H28N4O3. The SMILES string of the molecule is O=C(c1noc(-c2ccccc2)n1)N1CCC(Oc2ccc(CN3CCCC3)cc2)CC1. The average molecular weight is 433 g/mol. The van der Waals surface area contributed by atoms with Crippen molar-refractivity contribution in [1.29, 1.82) is 0 Å². The molecule has 0 saturated carbocycles. The fourth-order valence-corrected chi connectivity index (χ4v) is 4.39. The summed E-state index contributed by atoms with van der Waals surface area (Å²) in [5.41, 5.74) is 2.13. The first-order chi connectivity index (χ1) is 15.7. The van der Waals surface area contributed by atoms with Crippen LogP contribution in [-0.2, 0) is 6.54 Å². The van der Waals surface area contributed by atoms with E-state index in [2.05, 4.69) is 39.3 Å². The highest BCUT2D eigenvalue weighted by atomic mass is 16.5. The Morgan fingerprint density at radius 3 is 2.41 bits per heavy atom. The van der Waals surface area contributed by atoms with E-state index >= 15 is 0 Å². The van der Waals surface area contributed by atoms with Crippen LogP contribution in [0.2, 0.25) is 0 Å². The van der Waals surface area contributed by atoms with Crippen LogP contribution in [0.25, 0.3) is 11.5 Å². The molecule has 2 aliphatic heterocycles. The molecule has 0 bridgehead atoms. The maximum atomic E-state index is 12.8. The molecule has 0 unspecified atom stereocenters. The first-order valence-electron chi connectivity index (χ1n) is 11.4. The predicted octanol–water partition coefficient (Wildman–Crippen LogP) is 4.02. The van der Waals surface area contributed by atoms with Crippen LogP contribution in [0.15, 0.2) is 59.1 Å². The topological polar surface area (TPSA) is 71.7 Å². The number of piperidine rings is 1. The van der Waals surface area contributed by atoms with Crippen molar-refractivity contribution in [2.45, 2.75) is 38.3 Å². The van der Waals surface area contributed by atoms with Crippen molar-refractivity contribution in [2.75, 3.05) is 26.2 Å². The summed E-state index contributed by atoms with van der Waals surface area (Å²) < 4.78 is 11.5. The molecule has 0 aliphatic carbocycles. The van der Waals surface area contributed by atoms with Crippen LogP contribution < -0.4 is 4.74 Å². The van der Waals surface area contributed by atoms with Crippen molar-refractivity contribution in [3.8, 4) is 17.2 Å². The van der Waals surface area contributed by atoms with Crippen molar-refractivity contribution in [3.05, 3.63) is 66.0 Å². The van der Waals surface area contributed by atoms with E-state index in [1.807, 2.05) is 30.3 Å². The normalized spacial score (nSPS) is 17.6. The Hall–Kier alpha value is -3.19. The number of aromatic nitrogens is 2. The lowest BCUT2D eigenvalue weighted by molar-refractivity contribution is 0.0581. The zero-order chi connectivity index (χ0) is 21.8. The van der Waals surface area contributed by atoms with E-state index in [9.17, 15) is 4.79 Å². The predicted molar refractivity (Wildman–Crippen MR) is 120 cm³/mol. The van der Waals surface area contributed by atoms with Crippen LogP contribution >= 0.6 is 0 Å². The number of rotatable bonds is 6. The minimum absolute atomic E-state index is 0.105. The number of benzene rings is 2. The standard InChI is InChI=1S/C25H28N4O3/c30-25(23-26-24(32-27-23)20-6-2-1-3-7-20)29-16-12-22(13-17-29)31-21-10-8-19(9-11-21)18-28-14-4-5-15-28/h1-3,6-11,22H,4-5,12-18H2. The molecule has 3 heterocycles. The third-order valence-electron chi connectivity index (χ3n) is 6.20. The van der Waals surface area contributed by atoms with Crippen molar-refractivity contribution in [2.24, 2.45) is 0 Å². The molecule has 0 spiro atoms. The highest BCUT2D eigenvalue weighted by Crippen LogP contribution is 2.22. The molecule has 2 fully saturated rings. The van der Waals surface area contributed by atoms with Crippen LogP contribution in [0.4, 0.5) is 0 Å². The Morgan fingerprint density at radius 1 is 0.969 bits per heavy atom. The maximum absolute atomic E-state index is 12.8. The Balaban J connectivity index is 1.12. The number of likely N-dealkylation sites (tertiary alicyclic amines) is 2. The van der Waals surface area contributed by atoms with Crippen LogP contribution in [0.5, 0.6) is 5.75 Å². The van der Waals surface area contributed by atoms with Gasteiger partial charge >= 0.3 is 0 Å². The van der Waals surface area contributed by atoms with Crippen molar-refractivity contribution in [1.82, 2.24) is 19.9 Å². The highest BCUT2D eigenvalue weighted by Gasteiger charge is 2.27. The van der Waals surface area contributed by atoms with Crippen LogP contribution in [-0.4, -0.2) is 58.1 Å². The lowest BCUT2D eigenvalue weighted by Gasteiger charge is -2.31. The molecule has 1 aromatic heterocycles. The zero-order valence-electron chi connectivity index (χ0n) is 18.2. The van der Waals surface area contributed by atoms with Gasteiger partial charge in [0.1, 0.15) is 11.9 Å². The summed E-state index contributed by atoms with van der Waals surface area (Å²) in [6.45, 7) is 4.65. The monoisotopic (exact) mass is 432 g/mol. The number of carbonyl (C=O) groups is 1. The second-order valence-electron chi connectivity index (χ2n) is 8.53. The van der Waals surface area contributed by atoms with E-state index < -0.39 is 0 Å². The lowest BCUT2D eigenvalue weighted by Crippen LogP contribution is -2.42. The molecule has 166 valence electrons. The van der Waals surface area contributed by atoms with Gasteiger partial charge in [0.15, 0.2) is 0 Å². The van der Waals surface area contributed by atoms with Gasteiger partial charge in [-0.1, -0.05) is 35.5 Å². The number of nitrogens with zero attached hydrogens (tertiary/aromatic N) is 4. The van der Waals surface area contributed by atoms with Gasteiger partial charge in [-0.3, -0.25) is 9.69 Å². The average Bonchev–Trinajstić information content (AvgIpc) is 3.54. The fraction of sp³-hybridized carbons (Fsp3) is 0.400. The largest absolute Gasteiger partial charge is 0.490 e. The van der Waals surface area contributed by atoms with Gasteiger partial charge in [-0.25, -0.2) is 0 Å². The van der Waals surface area contributed by atoms with Gasteiger partial charge in [0.05, 0.1) is 0 Å². The van der Waals surface area contributed by atoms with E-state index in [1.165, 1.54) is 31.5 Å². The summed E-state index contributed by atoms with van der Waals surface area (Å²) >= 11 is 0. The summed E-state index contributed by atoms with van der Waals surface area (Å²) in [5.74, 6) is 1.17. The number of carbonyl (C=O) groups excluding carboxylic acids is 1. The molecule has 5 rings (SSSR count). The highest BCUT2D eigenvalue weighted by molar-refractivity contribution is 5.90. The van der Waals surface area contributed by atoms with E-state index in [0.717, 1.165) is 30.7 Å². The van der Waals surface area contributed by atoms with Gasteiger partial charge in [-0.2, -0.15) is 4.98 Å². The molecule has 2 aliphatic rings. The van der Waals surface area contributed by atoms with Gasteiger partial charge in [0.2, 0.25) is 0 Å². The second-order valence-corrected chi connectivity index (χ2v) is 8.53. The molecule has 32 heavy (non-hydrogen) atoms. The molecular weight excluding hydrogens is 404 g/mol. The molecule has 2 saturated heterocycles. The van der Waals surface area contributed by atoms with Gasteiger partial charge < -0.3 is 14.2 Å². The summed E-state index contributed by atoms with van der Waals surface area (Å²) in [5, 5.41) is 3.89. The third kappa shape index (κ3) is 4.83. The van der Waals surface area contributed by atoms with Gasteiger partial charge in [0.25, 0.3) is 17.6 Å². The Morgan fingerprint density at radius 2 is 1.69 bits per heavy atom. The van der Waals surface area contributed by atoms with E-state index in [1.54, 1.807) is 4.90 Å². The Labute approximate surface area is 188 Å². The number of amides is 1. The first kappa shape index (κ1) is 20.7. The zero-order valence-corrected chi connectivity index (χ0v) is 18.2. The molecule has 7 heteroatoms. The van der Waals surface area contributed by atoms with Gasteiger partial charge in [0, 0.05) is 38.0 Å². The summed E-state index contributed by atoms with van der Waals surface area (Å²) in [7, 11) is 0. The molecule has 3 aromatic rings. The van der Waals surface area contributed by atoms with Crippen molar-refractivity contribution in [3.63, 3.8) is 0 Å². The Kier molecular flexibility index (Phi) is 6.16. The summed E-state index contributed by atoms with van der Waals surface area (Å²) in [6.07, 6.45) is 4.29. The molecule has 0 radical (unpaired) electrons. The summed E-state index contributed by atoms with van der Waals surface area (Å²) in [6, 6.07) is 17.9. The Bertz CT molecular complexity index is 1020. The van der Waals surface area contributed by atoms with Crippen molar-refractivity contribution < 1.29 is 14.1 Å². The van der Waals surface area contributed by atoms with E-state index in [-0.39, 0.29) is 17.8 Å². The van der Waals surface area contributed by atoms with Gasteiger partial charge in [-0.05, 0) is 55.8 Å². The van der Waals surface area contributed by atoms with Crippen LogP contribution in [0.1, 0.15) is 41.9 Å². The third-order valence-corrected chi connectivity index (χ3v) is 6.20. The smallest absolute Gasteiger partial charge is 0.295 e. The number of hydrogen-bond acceptors (Lipinski definition) is 6. The first-order valence-corrected chi connectivity index (χ1v) is 11.4. The second kappa shape index (κ2) is 9.53. The molecule has 0 N–H and O–H groups in total. The molecule has 1 amide bonds. The fourth-order valence-electron chi connectivity index (χ4n) is 4.39. The molecule has 2 aromatic carbocycles. The quantitative estimate of drug-likeness (QED) is 0.586. The lowest BCUT2D eigenvalue weighted by atomic mass is 10.1. The maximum Gasteiger partial charge on any atom is 0.295 e. The van der Waals surface area contributed by atoms with Crippen molar-refractivity contribution >= 4 is 5.91 Å². The van der Waals surface area contributed by atoms with Crippen LogP contribution in [0, 0.1) is 0 Å². The minimum Gasteiger partial charge on any atom is -0.490 e. The number of ether oxygens (including phenoxy) is 1.